The van der Waals surface area contributed by atoms with Crippen molar-refractivity contribution in [2.24, 2.45) is 0 Å². The van der Waals surface area contributed by atoms with Crippen LogP contribution in [0.5, 0.6) is 5.75 Å². The van der Waals surface area contributed by atoms with E-state index >= 15 is 0 Å². The summed E-state index contributed by atoms with van der Waals surface area (Å²) < 4.78 is 34.8. The fraction of sp³-hybridized carbons (Fsp3) is 0.375. The van der Waals surface area contributed by atoms with Crippen LogP contribution in [-0.4, -0.2) is 57.1 Å². The van der Waals surface area contributed by atoms with E-state index in [0.29, 0.717) is 36.0 Å². The number of hydrogen-bond acceptors (Lipinski definition) is 6. The number of benzene rings is 3. The SMILES string of the molecule is CCCCNC(=O)[C@@H](CC)N(Cc1ccc(Cl)cc1)C(=O)CN(c1ccc(OCC)cc1)S(=O)(=O)c1ccc(SC)cc1. The smallest absolute Gasteiger partial charge is 0.264 e. The second kappa shape index (κ2) is 16.6. The average Bonchev–Trinajstić information content (AvgIpc) is 3.01. The van der Waals surface area contributed by atoms with Crippen LogP contribution < -0.4 is 14.4 Å². The molecule has 43 heavy (non-hydrogen) atoms. The van der Waals surface area contributed by atoms with Gasteiger partial charge in [-0.1, -0.05) is 44.0 Å². The van der Waals surface area contributed by atoms with Gasteiger partial charge in [0.15, 0.2) is 0 Å². The van der Waals surface area contributed by atoms with Gasteiger partial charge in [-0.15, -0.1) is 11.8 Å². The second-order valence-electron chi connectivity index (χ2n) is 9.83. The van der Waals surface area contributed by atoms with Crippen LogP contribution in [0.25, 0.3) is 0 Å². The largest absolute Gasteiger partial charge is 0.494 e. The summed E-state index contributed by atoms with van der Waals surface area (Å²) in [6, 6.07) is 19.3. The van der Waals surface area contributed by atoms with Crippen molar-refractivity contribution in [3.05, 3.63) is 83.4 Å². The zero-order valence-electron chi connectivity index (χ0n) is 25.1. The van der Waals surface area contributed by atoms with Crippen molar-refractivity contribution in [3.63, 3.8) is 0 Å². The average molecular weight is 646 g/mol. The molecule has 3 rings (SSSR count). The Labute approximate surface area is 264 Å². The van der Waals surface area contributed by atoms with Crippen molar-refractivity contribution in [3.8, 4) is 5.75 Å². The molecule has 3 aromatic rings. The Morgan fingerprint density at radius 1 is 0.953 bits per heavy atom. The van der Waals surface area contributed by atoms with Crippen LogP contribution in [0.2, 0.25) is 5.02 Å². The standard InChI is InChI=1S/C32H40ClN3O5S2/c1-5-8-21-34-32(38)30(6-2)35(22-24-9-11-25(33)12-10-24)31(37)23-36(26-13-15-27(16-14-26)41-7-3)43(39,40)29-19-17-28(42-4)18-20-29/h9-20,30H,5-8,21-23H2,1-4H3,(H,34,38)/t30-/m1/s1. The molecule has 1 atom stereocenters. The zero-order chi connectivity index (χ0) is 31.4. The molecule has 0 saturated carbocycles. The molecule has 0 saturated heterocycles. The second-order valence-corrected chi connectivity index (χ2v) is 13.0. The molecule has 0 bridgehead atoms. The van der Waals surface area contributed by atoms with Gasteiger partial charge in [0, 0.05) is 23.0 Å². The van der Waals surface area contributed by atoms with Crippen molar-refractivity contribution in [1.29, 1.82) is 0 Å². The molecule has 0 heterocycles. The van der Waals surface area contributed by atoms with Gasteiger partial charge in [-0.05, 0) is 92.2 Å². The Morgan fingerprint density at radius 3 is 2.16 bits per heavy atom. The lowest BCUT2D eigenvalue weighted by Crippen LogP contribution is -2.52. The maximum atomic E-state index is 14.2. The first-order chi connectivity index (χ1) is 20.6. The van der Waals surface area contributed by atoms with E-state index < -0.39 is 28.5 Å². The van der Waals surface area contributed by atoms with Gasteiger partial charge in [0.25, 0.3) is 10.0 Å². The molecule has 0 unspecified atom stereocenters. The number of nitrogens with zero attached hydrogens (tertiary/aromatic N) is 2. The van der Waals surface area contributed by atoms with Crippen LogP contribution >= 0.6 is 23.4 Å². The normalized spacial score (nSPS) is 11.9. The highest BCUT2D eigenvalue weighted by atomic mass is 35.5. The lowest BCUT2D eigenvalue weighted by molar-refractivity contribution is -0.140. The van der Waals surface area contributed by atoms with Crippen LogP contribution in [-0.2, 0) is 26.2 Å². The Balaban J connectivity index is 2.04. The molecule has 0 aliphatic rings. The first-order valence-corrected chi connectivity index (χ1v) is 17.4. The Hall–Kier alpha value is -3.21. The van der Waals surface area contributed by atoms with Gasteiger partial charge < -0.3 is 15.0 Å². The number of anilines is 1. The highest BCUT2D eigenvalue weighted by molar-refractivity contribution is 7.98. The number of carbonyl (C=O) groups is 2. The molecule has 3 aromatic carbocycles. The van der Waals surface area contributed by atoms with E-state index in [2.05, 4.69) is 5.32 Å². The minimum absolute atomic E-state index is 0.0561. The predicted molar refractivity (Wildman–Crippen MR) is 174 cm³/mol. The van der Waals surface area contributed by atoms with Crippen LogP contribution in [0.3, 0.4) is 0 Å². The summed E-state index contributed by atoms with van der Waals surface area (Å²) in [6.45, 7) is 6.28. The van der Waals surface area contributed by atoms with E-state index in [-0.39, 0.29) is 17.3 Å². The fourth-order valence-corrected chi connectivity index (χ4v) is 6.44. The summed E-state index contributed by atoms with van der Waals surface area (Å²) in [5.41, 5.74) is 1.07. The third kappa shape index (κ3) is 9.39. The van der Waals surface area contributed by atoms with Gasteiger partial charge in [-0.3, -0.25) is 13.9 Å². The Kier molecular flexibility index (Phi) is 13.2. The summed E-state index contributed by atoms with van der Waals surface area (Å²) in [5.74, 6) is -0.203. The topological polar surface area (TPSA) is 96.0 Å². The molecule has 8 nitrogen and oxygen atoms in total. The minimum atomic E-state index is -4.16. The molecule has 232 valence electrons. The van der Waals surface area contributed by atoms with Crippen LogP contribution in [0.1, 0.15) is 45.6 Å². The van der Waals surface area contributed by atoms with Gasteiger partial charge in [-0.25, -0.2) is 8.42 Å². The zero-order valence-corrected chi connectivity index (χ0v) is 27.5. The third-order valence-electron chi connectivity index (χ3n) is 6.84. The summed E-state index contributed by atoms with van der Waals surface area (Å²) in [5, 5.41) is 3.48. The molecular formula is C32H40ClN3O5S2. The molecule has 0 aliphatic carbocycles. The van der Waals surface area contributed by atoms with Gasteiger partial charge in [0.2, 0.25) is 11.8 Å². The monoisotopic (exact) mass is 645 g/mol. The molecule has 0 aliphatic heterocycles. The van der Waals surface area contributed by atoms with Crippen molar-refractivity contribution in [1.82, 2.24) is 10.2 Å². The molecule has 0 spiro atoms. The molecule has 0 aromatic heterocycles. The highest BCUT2D eigenvalue weighted by Crippen LogP contribution is 2.28. The van der Waals surface area contributed by atoms with E-state index in [1.54, 1.807) is 60.7 Å². The molecule has 2 amide bonds. The summed E-state index contributed by atoms with van der Waals surface area (Å²) in [7, 11) is -4.16. The molecular weight excluding hydrogens is 606 g/mol. The number of nitrogens with one attached hydrogen (secondary N) is 1. The number of sulfonamides is 1. The number of amides is 2. The number of halogens is 1. The molecule has 1 N–H and O–H groups in total. The van der Waals surface area contributed by atoms with Crippen molar-refractivity contribution < 1.29 is 22.7 Å². The Morgan fingerprint density at radius 2 is 1.60 bits per heavy atom. The van der Waals surface area contributed by atoms with Crippen LogP contribution in [0, 0.1) is 0 Å². The van der Waals surface area contributed by atoms with Crippen LogP contribution in [0.4, 0.5) is 5.69 Å². The molecule has 11 heteroatoms. The fourth-order valence-electron chi connectivity index (χ4n) is 4.49. The Bertz CT molecular complexity index is 1430. The van der Waals surface area contributed by atoms with Gasteiger partial charge in [-0.2, -0.15) is 0 Å². The summed E-state index contributed by atoms with van der Waals surface area (Å²) in [6.07, 6.45) is 3.99. The van der Waals surface area contributed by atoms with Crippen LogP contribution in [0.15, 0.2) is 82.6 Å². The summed E-state index contributed by atoms with van der Waals surface area (Å²) >= 11 is 7.59. The molecule has 0 radical (unpaired) electrons. The van der Waals surface area contributed by atoms with E-state index in [1.807, 2.05) is 27.0 Å². The number of unbranched alkanes of at least 4 members (excludes halogenated alkanes) is 1. The van der Waals surface area contributed by atoms with E-state index in [4.69, 9.17) is 16.3 Å². The minimum Gasteiger partial charge on any atom is -0.494 e. The lowest BCUT2D eigenvalue weighted by Gasteiger charge is -2.33. The first kappa shape index (κ1) is 34.3. The van der Waals surface area contributed by atoms with E-state index in [1.165, 1.54) is 28.8 Å². The quantitative estimate of drug-likeness (QED) is 0.143. The van der Waals surface area contributed by atoms with Gasteiger partial charge in [0.05, 0.1) is 17.2 Å². The van der Waals surface area contributed by atoms with Gasteiger partial charge in [0.1, 0.15) is 18.3 Å². The number of ether oxygens (including phenoxy) is 1. The molecule has 0 fully saturated rings. The number of carbonyl (C=O) groups excluding carboxylic acids is 2. The maximum absolute atomic E-state index is 14.2. The van der Waals surface area contributed by atoms with Crippen molar-refractivity contribution in [2.45, 2.75) is 62.4 Å². The van der Waals surface area contributed by atoms with Crippen molar-refractivity contribution in [2.75, 3.05) is 30.3 Å². The van der Waals surface area contributed by atoms with Gasteiger partial charge >= 0.3 is 0 Å². The first-order valence-electron chi connectivity index (χ1n) is 14.4. The predicted octanol–water partition coefficient (Wildman–Crippen LogP) is 6.38. The lowest BCUT2D eigenvalue weighted by atomic mass is 10.1. The number of thioether (sulfide) groups is 1. The third-order valence-corrected chi connectivity index (χ3v) is 9.63. The van der Waals surface area contributed by atoms with E-state index in [0.717, 1.165) is 27.6 Å². The highest BCUT2D eigenvalue weighted by Gasteiger charge is 2.33. The summed E-state index contributed by atoms with van der Waals surface area (Å²) in [4.78, 5) is 29.9. The van der Waals surface area contributed by atoms with E-state index in [9.17, 15) is 18.0 Å². The maximum Gasteiger partial charge on any atom is 0.264 e. The number of hydrogen-bond donors (Lipinski definition) is 1. The van der Waals surface area contributed by atoms with Crippen molar-refractivity contribution >= 4 is 50.9 Å². The number of rotatable bonds is 16.